The molecule has 1 unspecified atom stereocenters. The normalized spacial score (nSPS) is 21.6. The van der Waals surface area contributed by atoms with Crippen molar-refractivity contribution in [1.29, 1.82) is 0 Å². The molecule has 0 saturated carbocycles. The molecule has 0 radical (unpaired) electrons. The molecule has 1 atom stereocenters. The van der Waals surface area contributed by atoms with E-state index in [1.165, 1.54) is 0 Å². The smallest absolute Gasteiger partial charge is 0.380 e. The molecule has 0 aromatic heterocycles. The van der Waals surface area contributed by atoms with Crippen molar-refractivity contribution in [3.63, 3.8) is 0 Å². The van der Waals surface area contributed by atoms with E-state index in [9.17, 15) is 9.59 Å². The predicted octanol–water partition coefficient (Wildman–Crippen LogP) is 1.26. The van der Waals surface area contributed by atoms with E-state index in [0.717, 1.165) is 24.0 Å². The Kier molecular flexibility index (Phi) is 3.48. The van der Waals surface area contributed by atoms with Crippen molar-refractivity contribution in [2.24, 2.45) is 0 Å². The first-order valence-electron chi connectivity index (χ1n) is 6.10. The van der Waals surface area contributed by atoms with E-state index >= 15 is 0 Å². The van der Waals surface area contributed by atoms with Crippen LogP contribution in [0.2, 0.25) is 0 Å². The zero-order chi connectivity index (χ0) is 13.2. The van der Waals surface area contributed by atoms with Gasteiger partial charge in [-0.1, -0.05) is 30.3 Å². The van der Waals surface area contributed by atoms with Crippen molar-refractivity contribution in [2.45, 2.75) is 12.5 Å². The molecule has 0 bridgehead atoms. The Balaban J connectivity index is 1.95. The Hall–Kier alpha value is -1.68. The third-order valence-electron chi connectivity index (χ3n) is 3.25. The number of hydrogen-bond acceptors (Lipinski definition) is 3. The number of carbonyl (C=O) groups is 2. The number of nitrogens with zero attached hydrogens (tertiary/aromatic N) is 1. The van der Waals surface area contributed by atoms with Gasteiger partial charge in [-0.15, -0.1) is 0 Å². The average molecular weight is 248 g/mol. The highest BCUT2D eigenvalue weighted by Gasteiger charge is 2.34. The Morgan fingerprint density at radius 2 is 1.89 bits per heavy atom. The highest BCUT2D eigenvalue weighted by molar-refractivity contribution is 6.40. The fourth-order valence-corrected chi connectivity index (χ4v) is 2.24. The van der Waals surface area contributed by atoms with E-state index in [2.05, 4.69) is 14.1 Å². The number of benzene rings is 1. The van der Waals surface area contributed by atoms with Crippen molar-refractivity contribution in [2.75, 3.05) is 27.2 Å². The number of ketones is 1. The molecule has 2 rings (SSSR count). The van der Waals surface area contributed by atoms with Crippen molar-refractivity contribution < 1.29 is 18.8 Å². The topological polar surface area (TPSA) is 43.4 Å². The summed E-state index contributed by atoms with van der Waals surface area (Å²) < 4.78 is 6.09. The summed E-state index contributed by atoms with van der Waals surface area (Å²) in [5.41, 5.74) is 0.384. The molecule has 0 aliphatic carbocycles. The first-order valence-corrected chi connectivity index (χ1v) is 6.10. The van der Waals surface area contributed by atoms with Gasteiger partial charge in [0, 0.05) is 12.0 Å². The summed E-state index contributed by atoms with van der Waals surface area (Å²) in [6.07, 6.45) is 0.682. The second kappa shape index (κ2) is 4.90. The maximum atomic E-state index is 11.8. The number of ether oxygens (including phenoxy) is 1. The van der Waals surface area contributed by atoms with E-state index in [0.29, 0.717) is 5.56 Å². The monoisotopic (exact) mass is 248 g/mol. The first-order chi connectivity index (χ1) is 8.48. The maximum absolute atomic E-state index is 11.8. The second-order valence-electron chi connectivity index (χ2n) is 5.35. The van der Waals surface area contributed by atoms with Gasteiger partial charge in [-0.2, -0.15) is 0 Å². The zero-order valence-electron chi connectivity index (χ0n) is 10.8. The Morgan fingerprint density at radius 1 is 1.22 bits per heavy atom. The molecule has 18 heavy (non-hydrogen) atoms. The van der Waals surface area contributed by atoms with Crippen LogP contribution < -0.4 is 0 Å². The number of quaternary nitrogens is 1. The van der Waals surface area contributed by atoms with Crippen LogP contribution in [0.25, 0.3) is 0 Å². The molecular formula is C14H18NO3+. The summed E-state index contributed by atoms with van der Waals surface area (Å²) in [7, 11) is 4.18. The lowest BCUT2D eigenvalue weighted by Gasteiger charge is -2.22. The second-order valence-corrected chi connectivity index (χ2v) is 5.35. The number of Topliss-reactive ketones (excluding diaryl/α,β-unsaturated/α-hetero) is 1. The molecule has 1 aliphatic heterocycles. The van der Waals surface area contributed by atoms with Crippen LogP contribution in [-0.2, 0) is 9.53 Å². The van der Waals surface area contributed by atoms with Crippen LogP contribution in [0.5, 0.6) is 0 Å². The summed E-state index contributed by atoms with van der Waals surface area (Å²) in [5, 5.41) is 0. The lowest BCUT2D eigenvalue weighted by Crippen LogP contribution is -2.38. The van der Waals surface area contributed by atoms with Gasteiger partial charge in [-0.25, -0.2) is 4.79 Å². The summed E-state index contributed by atoms with van der Waals surface area (Å²) in [6.45, 7) is 1.74. The van der Waals surface area contributed by atoms with E-state index in [-0.39, 0.29) is 6.10 Å². The molecule has 1 heterocycles. The SMILES string of the molecule is C[N+]1(C)CCC(OC(=O)C(=O)c2ccccc2)C1. The van der Waals surface area contributed by atoms with Crippen molar-refractivity contribution in [3.05, 3.63) is 35.9 Å². The molecule has 4 nitrogen and oxygen atoms in total. The molecule has 1 aromatic carbocycles. The van der Waals surface area contributed by atoms with Gasteiger partial charge in [-0.3, -0.25) is 4.79 Å². The zero-order valence-corrected chi connectivity index (χ0v) is 10.8. The average Bonchev–Trinajstić information content (AvgIpc) is 2.68. The molecule has 0 spiro atoms. The van der Waals surface area contributed by atoms with Crippen LogP contribution in [0.15, 0.2) is 30.3 Å². The van der Waals surface area contributed by atoms with Gasteiger partial charge in [0.15, 0.2) is 6.10 Å². The van der Waals surface area contributed by atoms with E-state index in [1.807, 2.05) is 0 Å². The van der Waals surface area contributed by atoms with Crippen LogP contribution in [0.4, 0.5) is 0 Å². The number of carbonyl (C=O) groups excluding carboxylic acids is 2. The van der Waals surface area contributed by atoms with Gasteiger partial charge >= 0.3 is 5.97 Å². The summed E-state index contributed by atoms with van der Waals surface area (Å²) in [4.78, 5) is 23.5. The van der Waals surface area contributed by atoms with Crippen molar-refractivity contribution in [1.82, 2.24) is 0 Å². The fraction of sp³-hybridized carbons (Fsp3) is 0.429. The van der Waals surface area contributed by atoms with E-state index in [4.69, 9.17) is 4.74 Å². The van der Waals surface area contributed by atoms with E-state index < -0.39 is 11.8 Å². The number of likely N-dealkylation sites (tertiary alicyclic amines) is 1. The maximum Gasteiger partial charge on any atom is 0.380 e. The van der Waals surface area contributed by atoms with Gasteiger partial charge < -0.3 is 9.22 Å². The van der Waals surface area contributed by atoms with Gasteiger partial charge in [0.1, 0.15) is 6.54 Å². The molecule has 0 amide bonds. The Bertz CT molecular complexity index is 453. The van der Waals surface area contributed by atoms with E-state index in [1.54, 1.807) is 30.3 Å². The minimum absolute atomic E-state index is 0.139. The minimum atomic E-state index is -0.742. The number of hydrogen-bond donors (Lipinski definition) is 0. The molecule has 1 fully saturated rings. The molecule has 1 aromatic rings. The van der Waals surface area contributed by atoms with Gasteiger partial charge in [0.2, 0.25) is 0 Å². The summed E-state index contributed by atoms with van der Waals surface area (Å²) in [6, 6.07) is 8.52. The summed E-state index contributed by atoms with van der Waals surface area (Å²) >= 11 is 0. The number of esters is 1. The molecule has 96 valence electrons. The summed E-state index contributed by atoms with van der Waals surface area (Å²) in [5.74, 6) is -1.30. The lowest BCUT2D eigenvalue weighted by molar-refractivity contribution is -0.879. The number of rotatable bonds is 3. The molecular weight excluding hydrogens is 230 g/mol. The fourth-order valence-electron chi connectivity index (χ4n) is 2.24. The Morgan fingerprint density at radius 3 is 2.44 bits per heavy atom. The third kappa shape index (κ3) is 2.96. The third-order valence-corrected chi connectivity index (χ3v) is 3.25. The first kappa shape index (κ1) is 12.8. The highest BCUT2D eigenvalue weighted by Crippen LogP contribution is 2.17. The number of likely N-dealkylation sites (N-methyl/N-ethyl adjacent to an activating group) is 1. The van der Waals surface area contributed by atoms with Crippen molar-refractivity contribution in [3.8, 4) is 0 Å². The van der Waals surface area contributed by atoms with Gasteiger partial charge in [-0.05, 0) is 0 Å². The molecule has 4 heteroatoms. The van der Waals surface area contributed by atoms with Crippen LogP contribution >= 0.6 is 0 Å². The minimum Gasteiger partial charge on any atom is -0.450 e. The molecule has 1 saturated heterocycles. The predicted molar refractivity (Wildman–Crippen MR) is 67.1 cm³/mol. The van der Waals surface area contributed by atoms with Crippen LogP contribution in [0, 0.1) is 0 Å². The highest BCUT2D eigenvalue weighted by atomic mass is 16.5. The van der Waals surface area contributed by atoms with Gasteiger partial charge in [0.05, 0.1) is 20.6 Å². The quantitative estimate of drug-likeness (QED) is 0.350. The van der Waals surface area contributed by atoms with Crippen LogP contribution in [0.1, 0.15) is 16.8 Å². The molecule has 0 N–H and O–H groups in total. The van der Waals surface area contributed by atoms with Crippen molar-refractivity contribution >= 4 is 11.8 Å². The molecule has 1 aliphatic rings. The van der Waals surface area contributed by atoms with Crippen LogP contribution in [-0.4, -0.2) is 49.5 Å². The largest absolute Gasteiger partial charge is 0.450 e. The van der Waals surface area contributed by atoms with Gasteiger partial charge in [0.25, 0.3) is 5.78 Å². The lowest BCUT2D eigenvalue weighted by atomic mass is 10.1. The Labute approximate surface area is 107 Å². The standard InChI is InChI=1S/C14H18NO3/c1-15(2)9-8-12(10-15)18-14(17)13(16)11-6-4-3-5-7-11/h3-7,12H,8-10H2,1-2H3/q+1. The van der Waals surface area contributed by atoms with Crippen LogP contribution in [0.3, 0.4) is 0 Å².